The lowest BCUT2D eigenvalue weighted by Gasteiger charge is -2.13. The van der Waals surface area contributed by atoms with Crippen LogP contribution in [0.25, 0.3) is 0 Å². The average molecular weight is 335 g/mol. The minimum absolute atomic E-state index is 0.0185. The number of amides is 1. The van der Waals surface area contributed by atoms with E-state index in [0.717, 1.165) is 0 Å². The van der Waals surface area contributed by atoms with Crippen molar-refractivity contribution >= 4 is 11.9 Å². The van der Waals surface area contributed by atoms with Crippen molar-refractivity contribution in [1.82, 2.24) is 5.32 Å². The minimum atomic E-state index is -1.11. The Hall–Kier alpha value is -2.67. The fourth-order valence-corrected chi connectivity index (χ4v) is 2.20. The van der Waals surface area contributed by atoms with Crippen molar-refractivity contribution in [2.75, 3.05) is 13.7 Å². The molecule has 0 aliphatic rings. The van der Waals surface area contributed by atoms with Crippen LogP contribution in [0.3, 0.4) is 0 Å². The molecule has 1 heterocycles. The van der Waals surface area contributed by atoms with Gasteiger partial charge in [0.05, 0.1) is 5.92 Å². The van der Waals surface area contributed by atoms with Gasteiger partial charge in [-0.05, 0) is 30.2 Å². The number of halogens is 1. The largest absolute Gasteiger partial charge is 0.481 e. The molecule has 1 aromatic heterocycles. The van der Waals surface area contributed by atoms with Gasteiger partial charge in [-0.25, -0.2) is 4.39 Å². The van der Waals surface area contributed by atoms with Crippen LogP contribution in [0.4, 0.5) is 4.39 Å². The predicted octanol–water partition coefficient (Wildman–Crippen LogP) is 2.24. The number of nitrogens with one attached hydrogen (secondary N) is 1. The second-order valence-corrected chi connectivity index (χ2v) is 5.24. The quantitative estimate of drug-likeness (QED) is 0.772. The number of carbonyl (C=O) groups excluding carboxylic acids is 1. The van der Waals surface area contributed by atoms with Crippen LogP contribution in [-0.4, -0.2) is 30.6 Å². The first-order chi connectivity index (χ1) is 11.5. The molecule has 1 atom stereocenters. The molecule has 0 saturated carbocycles. The summed E-state index contributed by atoms with van der Waals surface area (Å²) >= 11 is 0. The summed E-state index contributed by atoms with van der Waals surface area (Å²) in [6.45, 7) is 0.0983. The van der Waals surface area contributed by atoms with Crippen molar-refractivity contribution < 1.29 is 28.2 Å². The van der Waals surface area contributed by atoms with Gasteiger partial charge in [0.25, 0.3) is 5.91 Å². The van der Waals surface area contributed by atoms with Gasteiger partial charge in [-0.1, -0.05) is 18.2 Å². The van der Waals surface area contributed by atoms with Crippen LogP contribution in [0.2, 0.25) is 0 Å². The molecule has 128 valence electrons. The Bertz CT molecular complexity index is 713. The Morgan fingerprint density at radius 1 is 1.29 bits per heavy atom. The fraction of sp³-hybridized carbons (Fsp3) is 0.294. The maximum Gasteiger partial charge on any atom is 0.308 e. The molecule has 0 unspecified atom stereocenters. The zero-order valence-electron chi connectivity index (χ0n) is 13.1. The second-order valence-electron chi connectivity index (χ2n) is 5.24. The maximum atomic E-state index is 13.6. The monoisotopic (exact) mass is 335 g/mol. The van der Waals surface area contributed by atoms with Crippen molar-refractivity contribution in [2.24, 2.45) is 5.92 Å². The fourth-order valence-electron chi connectivity index (χ4n) is 2.20. The summed E-state index contributed by atoms with van der Waals surface area (Å²) in [7, 11) is 1.50. The van der Waals surface area contributed by atoms with Gasteiger partial charge in [-0.3, -0.25) is 9.59 Å². The molecule has 0 bridgehead atoms. The third-order valence-corrected chi connectivity index (χ3v) is 3.45. The van der Waals surface area contributed by atoms with E-state index in [-0.39, 0.29) is 25.3 Å². The molecule has 6 nitrogen and oxygen atoms in total. The SMILES string of the molecule is COCc1ccc(C(=O)NC[C@H](Cc2ccccc2F)C(=O)O)o1. The van der Waals surface area contributed by atoms with Crippen LogP contribution in [-0.2, 0) is 22.6 Å². The Labute approximate surface area is 138 Å². The van der Waals surface area contributed by atoms with Gasteiger partial charge in [0.1, 0.15) is 18.2 Å². The number of hydrogen-bond donors (Lipinski definition) is 2. The van der Waals surface area contributed by atoms with Crippen molar-refractivity contribution in [3.8, 4) is 0 Å². The first-order valence-corrected chi connectivity index (χ1v) is 7.33. The topological polar surface area (TPSA) is 88.8 Å². The number of rotatable bonds is 8. The smallest absolute Gasteiger partial charge is 0.308 e. The Balaban J connectivity index is 1.96. The summed E-state index contributed by atoms with van der Waals surface area (Å²) in [5, 5.41) is 11.8. The first kappa shape index (κ1) is 17.7. The van der Waals surface area contributed by atoms with Gasteiger partial charge in [0, 0.05) is 13.7 Å². The molecule has 0 aliphatic carbocycles. The molecule has 0 spiro atoms. The van der Waals surface area contributed by atoms with Crippen LogP contribution >= 0.6 is 0 Å². The molecular formula is C17H18FNO5. The second kappa shape index (κ2) is 8.26. The molecule has 2 N–H and O–H groups in total. The zero-order chi connectivity index (χ0) is 17.5. The molecule has 7 heteroatoms. The molecule has 1 amide bonds. The van der Waals surface area contributed by atoms with E-state index in [2.05, 4.69) is 5.32 Å². The van der Waals surface area contributed by atoms with Gasteiger partial charge in [0.15, 0.2) is 5.76 Å². The number of carboxylic acid groups (broad SMARTS) is 1. The highest BCUT2D eigenvalue weighted by molar-refractivity contribution is 5.91. The number of hydrogen-bond acceptors (Lipinski definition) is 4. The third-order valence-electron chi connectivity index (χ3n) is 3.45. The van der Waals surface area contributed by atoms with E-state index in [1.807, 2.05) is 0 Å². The summed E-state index contributed by atoms with van der Waals surface area (Å²) in [5.74, 6) is -2.50. The van der Waals surface area contributed by atoms with E-state index in [1.54, 1.807) is 12.1 Å². The first-order valence-electron chi connectivity index (χ1n) is 7.33. The molecule has 2 aromatic rings. The number of aliphatic carboxylic acids is 1. The van der Waals surface area contributed by atoms with Crippen molar-refractivity contribution in [3.63, 3.8) is 0 Å². The minimum Gasteiger partial charge on any atom is -0.481 e. The van der Waals surface area contributed by atoms with E-state index in [1.165, 1.54) is 31.4 Å². The Morgan fingerprint density at radius 3 is 2.71 bits per heavy atom. The Morgan fingerprint density at radius 2 is 2.04 bits per heavy atom. The van der Waals surface area contributed by atoms with Crippen molar-refractivity contribution in [3.05, 3.63) is 59.3 Å². The van der Waals surface area contributed by atoms with E-state index >= 15 is 0 Å². The molecule has 0 radical (unpaired) electrons. The normalized spacial score (nSPS) is 11.9. The van der Waals surface area contributed by atoms with Gasteiger partial charge in [0.2, 0.25) is 0 Å². The third kappa shape index (κ3) is 4.66. The highest BCUT2D eigenvalue weighted by atomic mass is 19.1. The summed E-state index contributed by atoms with van der Waals surface area (Å²) in [6.07, 6.45) is -0.0185. The van der Waals surface area contributed by atoms with E-state index < -0.39 is 23.6 Å². The molecule has 0 fully saturated rings. The van der Waals surface area contributed by atoms with E-state index in [0.29, 0.717) is 11.3 Å². The summed E-state index contributed by atoms with van der Waals surface area (Å²) in [4.78, 5) is 23.3. The molecule has 2 rings (SSSR count). The summed E-state index contributed by atoms with van der Waals surface area (Å²) in [6, 6.07) is 9.05. The number of methoxy groups -OCH3 is 1. The van der Waals surface area contributed by atoms with Crippen molar-refractivity contribution in [2.45, 2.75) is 13.0 Å². The summed E-state index contributed by atoms with van der Waals surface area (Å²) in [5.41, 5.74) is 0.291. The van der Waals surface area contributed by atoms with Gasteiger partial charge < -0.3 is 19.6 Å². The maximum absolute atomic E-state index is 13.6. The molecule has 24 heavy (non-hydrogen) atoms. The lowest BCUT2D eigenvalue weighted by molar-refractivity contribution is -0.141. The number of carboxylic acids is 1. The highest BCUT2D eigenvalue weighted by Crippen LogP contribution is 2.14. The van der Waals surface area contributed by atoms with Gasteiger partial charge in [-0.15, -0.1) is 0 Å². The highest BCUT2D eigenvalue weighted by Gasteiger charge is 2.21. The van der Waals surface area contributed by atoms with Gasteiger partial charge >= 0.3 is 5.97 Å². The number of carbonyl (C=O) groups is 2. The van der Waals surface area contributed by atoms with Gasteiger partial charge in [-0.2, -0.15) is 0 Å². The summed E-state index contributed by atoms with van der Waals surface area (Å²) < 4.78 is 23.8. The zero-order valence-corrected chi connectivity index (χ0v) is 13.1. The van der Waals surface area contributed by atoms with Crippen LogP contribution in [0.1, 0.15) is 21.9 Å². The van der Waals surface area contributed by atoms with Crippen molar-refractivity contribution in [1.29, 1.82) is 0 Å². The van der Waals surface area contributed by atoms with Crippen LogP contribution in [0, 0.1) is 11.7 Å². The lowest BCUT2D eigenvalue weighted by atomic mass is 9.99. The standard InChI is InChI=1S/C17H18FNO5/c1-23-10-13-6-7-15(24-13)16(20)19-9-12(17(21)22)8-11-4-2-3-5-14(11)18/h2-7,12H,8-10H2,1H3,(H,19,20)(H,21,22)/t12-/m0/s1. The number of furan rings is 1. The molecule has 0 saturated heterocycles. The van der Waals surface area contributed by atoms with Crippen LogP contribution in [0.15, 0.2) is 40.8 Å². The molecule has 0 aliphatic heterocycles. The van der Waals surface area contributed by atoms with E-state index in [9.17, 15) is 19.1 Å². The molecular weight excluding hydrogens is 317 g/mol. The average Bonchev–Trinajstić information content (AvgIpc) is 3.01. The van der Waals surface area contributed by atoms with E-state index in [4.69, 9.17) is 9.15 Å². The number of benzene rings is 1. The van der Waals surface area contributed by atoms with Crippen LogP contribution in [0.5, 0.6) is 0 Å². The lowest BCUT2D eigenvalue weighted by Crippen LogP contribution is -2.34. The predicted molar refractivity (Wildman–Crippen MR) is 83.0 cm³/mol. The number of ether oxygens (including phenoxy) is 1. The molecule has 1 aromatic carbocycles. The van der Waals surface area contributed by atoms with Crippen LogP contribution < -0.4 is 5.32 Å². The Kier molecular flexibility index (Phi) is 6.08.